The summed E-state index contributed by atoms with van der Waals surface area (Å²) in [6.07, 6.45) is -6.68. The lowest BCUT2D eigenvalue weighted by atomic mass is 9.40. The number of cyclic esters (lactones) is 1. The molecule has 0 aromatic rings. The number of hydrogen-bond donors (Lipinski definition) is 8. The van der Waals surface area contributed by atoms with Crippen molar-refractivity contribution in [3.8, 4) is 0 Å². The van der Waals surface area contributed by atoms with Crippen LogP contribution < -0.4 is 0 Å². The molecule has 1 unspecified atom stereocenters. The summed E-state index contributed by atoms with van der Waals surface area (Å²) >= 11 is 0. The van der Waals surface area contributed by atoms with Crippen LogP contribution in [-0.2, 0) is 19.0 Å². The van der Waals surface area contributed by atoms with Crippen LogP contribution in [0.3, 0.4) is 0 Å². The van der Waals surface area contributed by atoms with Crippen LogP contribution in [-0.4, -0.2) is 120 Å². The molecule has 41 heavy (non-hydrogen) atoms. The van der Waals surface area contributed by atoms with Crippen LogP contribution in [0.25, 0.3) is 0 Å². The Morgan fingerprint density at radius 1 is 1.02 bits per heavy atom. The zero-order valence-corrected chi connectivity index (χ0v) is 23.5. The number of rotatable bonds is 4. The second kappa shape index (κ2) is 9.91. The van der Waals surface area contributed by atoms with Crippen molar-refractivity contribution in [2.24, 2.45) is 28.6 Å². The molecule has 0 aromatic carbocycles. The van der Waals surface area contributed by atoms with Gasteiger partial charge in [-0.2, -0.15) is 0 Å². The summed E-state index contributed by atoms with van der Waals surface area (Å²) in [6, 6.07) is 0. The summed E-state index contributed by atoms with van der Waals surface area (Å²) in [5.41, 5.74) is -4.46. The van der Waals surface area contributed by atoms with E-state index >= 15 is 0 Å². The van der Waals surface area contributed by atoms with Gasteiger partial charge >= 0.3 is 5.97 Å². The highest BCUT2D eigenvalue weighted by Gasteiger charge is 2.75. The van der Waals surface area contributed by atoms with Gasteiger partial charge < -0.3 is 55.1 Å². The van der Waals surface area contributed by atoms with Gasteiger partial charge in [-0.25, -0.2) is 4.79 Å². The minimum Gasteiger partial charge on any atom is -0.458 e. The largest absolute Gasteiger partial charge is 0.458 e. The molecule has 0 bridgehead atoms. The van der Waals surface area contributed by atoms with Crippen molar-refractivity contribution in [3.63, 3.8) is 0 Å². The third kappa shape index (κ3) is 3.99. The van der Waals surface area contributed by atoms with Crippen LogP contribution in [0.4, 0.5) is 0 Å². The second-order valence-corrected chi connectivity index (χ2v) is 13.8. The Kier molecular flexibility index (Phi) is 7.22. The Balaban J connectivity index is 1.28. The van der Waals surface area contributed by atoms with E-state index in [1.165, 1.54) is 13.0 Å². The predicted molar refractivity (Wildman–Crippen MR) is 139 cm³/mol. The molecule has 1 saturated heterocycles. The Bertz CT molecular complexity index is 1080. The number of carbonyl (C=O) groups is 1. The van der Waals surface area contributed by atoms with Gasteiger partial charge in [0.05, 0.1) is 47.6 Å². The maximum absolute atomic E-state index is 12.4. The molecule has 0 spiro atoms. The Morgan fingerprint density at radius 2 is 1.76 bits per heavy atom. The average Bonchev–Trinajstić information content (AvgIpc) is 3.45. The van der Waals surface area contributed by atoms with E-state index in [1.54, 1.807) is 0 Å². The second-order valence-electron chi connectivity index (χ2n) is 13.8. The third-order valence-electron chi connectivity index (χ3n) is 12.2. The van der Waals surface area contributed by atoms with Crippen molar-refractivity contribution >= 4 is 5.97 Å². The standard InChI is InChI=1S/C29H44O12/c1-13-22(34)23(35)24(36)25(40-13)41-15-8-19(32)28(12-30)21-17(3-5-27(28,37)9-15)29(38)6-4-16(14-7-20(33)39-11-14)26(29,2)10-18(21)31/h7,13,15-19,21-25,30-32,34-38H,3-6,8-12H2,1-2H3/t13-,15-,16+,17+,18+,19+,21+,22-,23+,24+,25?,26+,27-,28+,29-/m0/s1. The summed E-state index contributed by atoms with van der Waals surface area (Å²) < 4.78 is 16.7. The maximum atomic E-state index is 12.4. The highest BCUT2D eigenvalue weighted by Crippen LogP contribution is 2.70. The molecule has 5 fully saturated rings. The molecule has 15 atom stereocenters. The average molecular weight is 585 g/mol. The number of aliphatic hydroxyl groups excluding tert-OH is 6. The van der Waals surface area contributed by atoms with Gasteiger partial charge in [-0.15, -0.1) is 0 Å². The first-order valence-corrected chi connectivity index (χ1v) is 14.9. The van der Waals surface area contributed by atoms with Crippen LogP contribution in [0.5, 0.6) is 0 Å². The first-order chi connectivity index (χ1) is 19.2. The zero-order chi connectivity index (χ0) is 29.7. The van der Waals surface area contributed by atoms with Crippen molar-refractivity contribution < 1.29 is 59.9 Å². The van der Waals surface area contributed by atoms with Gasteiger partial charge in [0.25, 0.3) is 0 Å². The molecule has 4 aliphatic carbocycles. The van der Waals surface area contributed by atoms with Gasteiger partial charge in [0.1, 0.15) is 24.9 Å². The van der Waals surface area contributed by atoms with E-state index in [4.69, 9.17) is 14.2 Å². The lowest BCUT2D eigenvalue weighted by Gasteiger charge is -2.68. The lowest BCUT2D eigenvalue weighted by molar-refractivity contribution is -0.342. The van der Waals surface area contributed by atoms with Gasteiger partial charge in [0.15, 0.2) is 6.29 Å². The Labute approximate surface area is 238 Å². The van der Waals surface area contributed by atoms with Crippen molar-refractivity contribution in [2.45, 2.75) is 119 Å². The first kappa shape index (κ1) is 29.9. The summed E-state index contributed by atoms with van der Waals surface area (Å²) in [5, 5.41) is 89.6. The van der Waals surface area contributed by atoms with E-state index < -0.39 is 95.5 Å². The molecule has 0 radical (unpaired) electrons. The molecule has 0 amide bonds. The molecule has 6 rings (SSSR count). The van der Waals surface area contributed by atoms with Crippen molar-refractivity contribution in [1.29, 1.82) is 0 Å². The smallest absolute Gasteiger partial charge is 0.331 e. The van der Waals surface area contributed by atoms with Crippen LogP contribution >= 0.6 is 0 Å². The molecule has 232 valence electrons. The van der Waals surface area contributed by atoms with Gasteiger partial charge in [0.2, 0.25) is 0 Å². The molecule has 6 aliphatic rings. The van der Waals surface area contributed by atoms with E-state index in [-0.39, 0.29) is 38.2 Å². The zero-order valence-electron chi connectivity index (χ0n) is 23.5. The van der Waals surface area contributed by atoms with Crippen LogP contribution in [0.15, 0.2) is 11.6 Å². The van der Waals surface area contributed by atoms with Crippen molar-refractivity contribution in [1.82, 2.24) is 0 Å². The van der Waals surface area contributed by atoms with Crippen molar-refractivity contribution in [2.75, 3.05) is 13.2 Å². The number of fused-ring (bicyclic) bond motifs is 5. The SMILES string of the molecule is C[C@@H]1OC(O[C@H]2C[C@@H](O)[C@]3(CO)[C@H]4[C@H](O)C[C@]5(C)[C@@H](C6=CC(=O)OC6)CC[C@]5(O)[C@@H]4CC[C@]3(O)C2)[C@H](O)[C@H](O)[C@H]1O. The molecule has 0 aromatic heterocycles. The molecular weight excluding hydrogens is 540 g/mol. The topological polar surface area (TPSA) is 207 Å². The summed E-state index contributed by atoms with van der Waals surface area (Å²) in [5.74, 6) is -1.93. The first-order valence-electron chi connectivity index (χ1n) is 14.9. The molecule has 2 heterocycles. The number of hydrogen-bond acceptors (Lipinski definition) is 12. The van der Waals surface area contributed by atoms with Crippen LogP contribution in [0, 0.1) is 28.6 Å². The maximum Gasteiger partial charge on any atom is 0.331 e. The van der Waals surface area contributed by atoms with Gasteiger partial charge in [-0.1, -0.05) is 6.92 Å². The number of carbonyl (C=O) groups excluding carboxylic acids is 1. The third-order valence-corrected chi connectivity index (χ3v) is 12.2. The van der Waals surface area contributed by atoms with E-state index in [1.807, 2.05) is 6.92 Å². The van der Waals surface area contributed by atoms with Crippen molar-refractivity contribution in [3.05, 3.63) is 11.6 Å². The summed E-state index contributed by atoms with van der Waals surface area (Å²) in [7, 11) is 0. The van der Waals surface area contributed by atoms with E-state index in [0.29, 0.717) is 19.3 Å². The molecule has 8 N–H and O–H groups in total. The molecular formula is C29H44O12. The van der Waals surface area contributed by atoms with E-state index in [2.05, 4.69) is 0 Å². The quantitative estimate of drug-likeness (QED) is 0.140. The number of ether oxygens (including phenoxy) is 3. The minimum atomic E-state index is -1.67. The van der Waals surface area contributed by atoms with Crippen LogP contribution in [0.1, 0.15) is 58.8 Å². The Hall–Kier alpha value is -1.19. The number of esters is 1. The number of aliphatic hydroxyl groups is 8. The summed E-state index contributed by atoms with van der Waals surface area (Å²) in [4.78, 5) is 11.8. The molecule has 2 aliphatic heterocycles. The van der Waals surface area contributed by atoms with Gasteiger partial charge in [-0.3, -0.25) is 0 Å². The molecule has 12 heteroatoms. The summed E-state index contributed by atoms with van der Waals surface area (Å²) in [6.45, 7) is 3.00. The predicted octanol–water partition coefficient (Wildman–Crippen LogP) is -1.51. The highest BCUT2D eigenvalue weighted by molar-refractivity contribution is 5.85. The minimum absolute atomic E-state index is 0.0369. The normalized spacial score (nSPS) is 56.9. The fourth-order valence-electron chi connectivity index (χ4n) is 10.1. The highest BCUT2D eigenvalue weighted by atomic mass is 16.7. The lowest BCUT2D eigenvalue weighted by Crippen LogP contribution is -2.76. The van der Waals surface area contributed by atoms with E-state index in [9.17, 15) is 45.6 Å². The fourth-order valence-corrected chi connectivity index (χ4v) is 10.1. The Morgan fingerprint density at radius 3 is 2.41 bits per heavy atom. The monoisotopic (exact) mass is 584 g/mol. The molecule has 4 saturated carbocycles. The van der Waals surface area contributed by atoms with Gasteiger partial charge in [0, 0.05) is 30.3 Å². The van der Waals surface area contributed by atoms with Crippen LogP contribution in [0.2, 0.25) is 0 Å². The fraction of sp³-hybridized carbons (Fsp3) is 0.897. The van der Waals surface area contributed by atoms with Gasteiger partial charge in [-0.05, 0) is 56.4 Å². The van der Waals surface area contributed by atoms with E-state index in [0.717, 1.165) is 5.57 Å². The molecule has 12 nitrogen and oxygen atoms in total.